The fourth-order valence-electron chi connectivity index (χ4n) is 3.18. The van der Waals surface area contributed by atoms with Crippen LogP contribution in [0.4, 0.5) is 0 Å². The number of carbonyl (C=O) groups is 1. The van der Waals surface area contributed by atoms with Gasteiger partial charge in [-0.1, -0.05) is 55.5 Å². The van der Waals surface area contributed by atoms with E-state index in [1.165, 1.54) is 11.3 Å². The van der Waals surface area contributed by atoms with Gasteiger partial charge in [0.2, 0.25) is 0 Å². The normalized spacial score (nSPS) is 15.4. The number of Topliss-reactive ketones (excluding diaryl/α,β-unsaturated/α-hetero) is 1. The van der Waals surface area contributed by atoms with Gasteiger partial charge in [0.15, 0.2) is 5.78 Å². The van der Waals surface area contributed by atoms with Crippen molar-refractivity contribution < 1.29 is 4.79 Å². The summed E-state index contributed by atoms with van der Waals surface area (Å²) in [5, 5.41) is 2.16. The molecule has 0 aromatic heterocycles. The molecule has 1 aliphatic rings. The minimum Gasteiger partial charge on any atom is -0.378 e. The lowest BCUT2D eigenvalue weighted by Gasteiger charge is -2.20. The average molecular weight is 291 g/mol. The smallest absolute Gasteiger partial charge is 0.170 e. The monoisotopic (exact) mass is 291 g/mol. The van der Waals surface area contributed by atoms with Crippen LogP contribution in [0, 0.1) is 5.92 Å². The van der Waals surface area contributed by atoms with E-state index < -0.39 is 0 Å². The van der Waals surface area contributed by atoms with Crippen LogP contribution in [0.3, 0.4) is 0 Å². The van der Waals surface area contributed by atoms with Gasteiger partial charge in [-0.3, -0.25) is 4.79 Å². The van der Waals surface area contributed by atoms with Gasteiger partial charge in [-0.25, -0.2) is 0 Å². The highest BCUT2D eigenvalue weighted by Crippen LogP contribution is 2.31. The molecule has 3 rings (SSSR count). The minimum atomic E-state index is -0.0989. The standard InChI is InChI=1S/C20H21NO/c1-14(16-11-7-13-19(16)21(2)3)20(22)18-12-6-9-15-8-4-5-10-17(15)18/h4-10,12-14H,11H2,1-3H3. The third-order valence-electron chi connectivity index (χ3n) is 4.40. The summed E-state index contributed by atoms with van der Waals surface area (Å²) in [6, 6.07) is 14.1. The minimum absolute atomic E-state index is 0.0989. The van der Waals surface area contributed by atoms with Crippen LogP contribution in [-0.2, 0) is 0 Å². The Morgan fingerprint density at radius 3 is 2.59 bits per heavy atom. The molecule has 1 aliphatic carbocycles. The molecule has 1 unspecified atom stereocenters. The summed E-state index contributed by atoms with van der Waals surface area (Å²) >= 11 is 0. The number of rotatable bonds is 4. The zero-order chi connectivity index (χ0) is 15.7. The van der Waals surface area contributed by atoms with Gasteiger partial charge in [-0.05, 0) is 28.8 Å². The Balaban J connectivity index is 2.02. The first-order valence-corrected chi connectivity index (χ1v) is 7.68. The molecule has 0 saturated heterocycles. The second-order valence-corrected chi connectivity index (χ2v) is 6.02. The van der Waals surface area contributed by atoms with E-state index in [0.717, 1.165) is 22.8 Å². The average Bonchev–Trinajstić information content (AvgIpc) is 3.02. The Kier molecular flexibility index (Phi) is 3.84. The third kappa shape index (κ3) is 2.45. The van der Waals surface area contributed by atoms with Crippen LogP contribution in [-0.4, -0.2) is 24.8 Å². The van der Waals surface area contributed by atoms with Crippen LogP contribution >= 0.6 is 0 Å². The Bertz CT molecular complexity index is 778. The van der Waals surface area contributed by atoms with Gasteiger partial charge in [0.1, 0.15) is 0 Å². The van der Waals surface area contributed by atoms with Crippen LogP contribution in [0.5, 0.6) is 0 Å². The molecular weight excluding hydrogens is 270 g/mol. The SMILES string of the molecule is CC(C(=O)c1cccc2ccccc12)C1=C(N(C)C)C=CC1. The number of fused-ring (bicyclic) bond motifs is 1. The first kappa shape index (κ1) is 14.6. The topological polar surface area (TPSA) is 20.3 Å². The van der Waals surface area contributed by atoms with Gasteiger partial charge < -0.3 is 4.90 Å². The number of benzene rings is 2. The molecule has 0 bridgehead atoms. The number of nitrogens with zero attached hydrogens (tertiary/aromatic N) is 1. The number of carbonyl (C=O) groups excluding carboxylic acids is 1. The molecule has 2 heteroatoms. The molecule has 0 saturated carbocycles. The Morgan fingerprint density at radius 2 is 1.82 bits per heavy atom. The predicted molar refractivity (Wildman–Crippen MR) is 91.9 cm³/mol. The molecular formula is C20H21NO. The lowest BCUT2D eigenvalue weighted by Crippen LogP contribution is -2.18. The van der Waals surface area contributed by atoms with Gasteiger partial charge >= 0.3 is 0 Å². The van der Waals surface area contributed by atoms with E-state index in [2.05, 4.69) is 29.2 Å². The van der Waals surface area contributed by atoms with E-state index in [4.69, 9.17) is 0 Å². The Morgan fingerprint density at radius 1 is 1.09 bits per heavy atom. The number of likely N-dealkylation sites (N-methyl/N-ethyl adjacent to an activating group) is 1. The maximum Gasteiger partial charge on any atom is 0.170 e. The van der Waals surface area contributed by atoms with Crippen molar-refractivity contribution in [2.75, 3.05) is 14.1 Å². The molecule has 0 spiro atoms. The maximum atomic E-state index is 13.0. The Labute approximate surface area is 131 Å². The molecule has 2 aromatic carbocycles. The highest BCUT2D eigenvalue weighted by molar-refractivity contribution is 6.10. The summed E-state index contributed by atoms with van der Waals surface area (Å²) in [6.07, 6.45) is 5.12. The molecule has 1 atom stereocenters. The van der Waals surface area contributed by atoms with Crippen molar-refractivity contribution >= 4 is 16.6 Å². The molecule has 0 N–H and O–H groups in total. The molecule has 0 aliphatic heterocycles. The molecule has 0 fully saturated rings. The van der Waals surface area contributed by atoms with Gasteiger partial charge in [-0.2, -0.15) is 0 Å². The van der Waals surface area contributed by atoms with Crippen molar-refractivity contribution in [2.24, 2.45) is 5.92 Å². The summed E-state index contributed by atoms with van der Waals surface area (Å²) in [7, 11) is 4.06. The second kappa shape index (κ2) is 5.80. The van der Waals surface area contributed by atoms with Crippen molar-refractivity contribution in [1.29, 1.82) is 0 Å². The lowest BCUT2D eigenvalue weighted by atomic mass is 9.88. The molecule has 2 nitrogen and oxygen atoms in total. The first-order chi connectivity index (χ1) is 10.6. The van der Waals surface area contributed by atoms with Crippen molar-refractivity contribution in [1.82, 2.24) is 4.90 Å². The lowest BCUT2D eigenvalue weighted by molar-refractivity contribution is 0.0948. The van der Waals surface area contributed by atoms with E-state index in [-0.39, 0.29) is 11.7 Å². The van der Waals surface area contributed by atoms with Gasteiger partial charge in [-0.15, -0.1) is 0 Å². The first-order valence-electron chi connectivity index (χ1n) is 7.68. The molecule has 0 heterocycles. The van der Waals surface area contributed by atoms with E-state index >= 15 is 0 Å². The van der Waals surface area contributed by atoms with Crippen LogP contribution in [0.25, 0.3) is 10.8 Å². The van der Waals surface area contributed by atoms with E-state index in [1.54, 1.807) is 0 Å². The Hall–Kier alpha value is -2.35. The number of hydrogen-bond acceptors (Lipinski definition) is 2. The molecule has 0 amide bonds. The molecule has 2 aromatic rings. The molecule has 22 heavy (non-hydrogen) atoms. The quantitative estimate of drug-likeness (QED) is 0.776. The fourth-order valence-corrected chi connectivity index (χ4v) is 3.18. The van der Waals surface area contributed by atoms with Gasteiger partial charge in [0.05, 0.1) is 0 Å². The fraction of sp³-hybridized carbons (Fsp3) is 0.250. The van der Waals surface area contributed by atoms with Crippen molar-refractivity contribution in [2.45, 2.75) is 13.3 Å². The summed E-state index contributed by atoms with van der Waals surface area (Å²) in [5.74, 6) is 0.105. The number of hydrogen-bond donors (Lipinski definition) is 0. The highest BCUT2D eigenvalue weighted by Gasteiger charge is 2.25. The van der Waals surface area contributed by atoms with Crippen molar-refractivity contribution in [3.63, 3.8) is 0 Å². The maximum absolute atomic E-state index is 13.0. The number of ketones is 1. The largest absolute Gasteiger partial charge is 0.378 e. The van der Waals surface area contributed by atoms with Gasteiger partial charge in [0, 0.05) is 31.3 Å². The molecule has 0 radical (unpaired) electrons. The summed E-state index contributed by atoms with van der Waals surface area (Å²) in [4.78, 5) is 15.1. The molecule has 112 valence electrons. The van der Waals surface area contributed by atoms with E-state index in [1.807, 2.05) is 51.4 Å². The summed E-state index contributed by atoms with van der Waals surface area (Å²) in [6.45, 7) is 2.02. The van der Waals surface area contributed by atoms with E-state index in [9.17, 15) is 4.79 Å². The highest BCUT2D eigenvalue weighted by atomic mass is 16.1. The zero-order valence-electron chi connectivity index (χ0n) is 13.3. The third-order valence-corrected chi connectivity index (χ3v) is 4.40. The summed E-state index contributed by atoms with van der Waals surface area (Å²) < 4.78 is 0. The summed E-state index contributed by atoms with van der Waals surface area (Å²) in [5.41, 5.74) is 3.20. The number of allylic oxidation sites excluding steroid dienone is 3. The van der Waals surface area contributed by atoms with Crippen molar-refractivity contribution in [3.05, 3.63) is 71.5 Å². The van der Waals surface area contributed by atoms with Crippen LogP contribution < -0.4 is 0 Å². The van der Waals surface area contributed by atoms with Crippen LogP contribution in [0.1, 0.15) is 23.7 Å². The van der Waals surface area contributed by atoms with Crippen LogP contribution in [0.15, 0.2) is 65.9 Å². The predicted octanol–water partition coefficient (Wildman–Crippen LogP) is 4.43. The van der Waals surface area contributed by atoms with Gasteiger partial charge in [0.25, 0.3) is 0 Å². The van der Waals surface area contributed by atoms with Crippen LogP contribution in [0.2, 0.25) is 0 Å². The van der Waals surface area contributed by atoms with E-state index in [0.29, 0.717) is 0 Å². The van der Waals surface area contributed by atoms with Crippen molar-refractivity contribution in [3.8, 4) is 0 Å². The zero-order valence-corrected chi connectivity index (χ0v) is 13.3. The second-order valence-electron chi connectivity index (χ2n) is 6.02.